The summed E-state index contributed by atoms with van der Waals surface area (Å²) in [4.78, 5) is 12.0. The highest BCUT2D eigenvalue weighted by Crippen LogP contribution is 2.35. The molecule has 2 aromatic rings. The van der Waals surface area contributed by atoms with Crippen molar-refractivity contribution in [1.29, 1.82) is 0 Å². The summed E-state index contributed by atoms with van der Waals surface area (Å²) < 4.78 is 27.2. The number of ether oxygens (including phenoxy) is 5. The zero-order valence-corrected chi connectivity index (χ0v) is 16.2. The van der Waals surface area contributed by atoms with E-state index in [-0.39, 0.29) is 19.3 Å². The van der Waals surface area contributed by atoms with Crippen LogP contribution in [0, 0.1) is 0 Å². The van der Waals surface area contributed by atoms with Crippen LogP contribution in [0.5, 0.6) is 28.7 Å². The van der Waals surface area contributed by atoms with Crippen molar-refractivity contribution in [1.82, 2.24) is 5.32 Å². The maximum atomic E-state index is 12.0. The summed E-state index contributed by atoms with van der Waals surface area (Å²) in [6.07, 6.45) is 0.683. The highest BCUT2D eigenvalue weighted by Gasteiger charge is 2.14. The summed E-state index contributed by atoms with van der Waals surface area (Å²) in [6.45, 7) is 5.66. The van der Waals surface area contributed by atoms with Gasteiger partial charge in [0.2, 0.25) is 6.79 Å². The number of amides is 1. The second-order valence-electron chi connectivity index (χ2n) is 6.05. The number of hydrogen-bond donors (Lipinski definition) is 1. The van der Waals surface area contributed by atoms with Gasteiger partial charge in [-0.25, -0.2) is 0 Å². The molecule has 0 saturated heterocycles. The van der Waals surface area contributed by atoms with Gasteiger partial charge in [0.1, 0.15) is 5.75 Å². The van der Waals surface area contributed by atoms with E-state index in [0.717, 1.165) is 17.1 Å². The summed E-state index contributed by atoms with van der Waals surface area (Å²) in [5, 5.41) is 2.85. The van der Waals surface area contributed by atoms with Crippen molar-refractivity contribution in [3.8, 4) is 28.7 Å². The van der Waals surface area contributed by atoms with Gasteiger partial charge in [0, 0.05) is 12.6 Å². The Morgan fingerprint density at radius 3 is 2.57 bits per heavy atom. The summed E-state index contributed by atoms with van der Waals surface area (Å²) in [6, 6.07) is 11.0. The van der Waals surface area contributed by atoms with Crippen LogP contribution >= 0.6 is 0 Å². The van der Waals surface area contributed by atoms with Gasteiger partial charge in [-0.15, -0.1) is 0 Å². The summed E-state index contributed by atoms with van der Waals surface area (Å²) in [5.41, 5.74) is 1.06. The third-order valence-corrected chi connectivity index (χ3v) is 4.06. The molecule has 7 nitrogen and oxygen atoms in total. The van der Waals surface area contributed by atoms with E-state index in [2.05, 4.69) is 5.32 Å². The standard InChI is InChI=1S/C21H25NO6/c1-3-24-17-7-5-15(11-19(17)25-4-2)9-10-22-21(23)13-26-16-6-8-18-20(12-16)28-14-27-18/h5-8,11-12H,3-4,9-10,13-14H2,1-2H3,(H,22,23). The van der Waals surface area contributed by atoms with Crippen molar-refractivity contribution < 1.29 is 28.5 Å². The van der Waals surface area contributed by atoms with Crippen LogP contribution in [0.3, 0.4) is 0 Å². The molecule has 0 aromatic heterocycles. The first-order valence-corrected chi connectivity index (χ1v) is 9.37. The molecule has 1 aliphatic rings. The van der Waals surface area contributed by atoms with Crippen molar-refractivity contribution in [2.75, 3.05) is 33.2 Å². The molecule has 0 radical (unpaired) electrons. The lowest BCUT2D eigenvalue weighted by molar-refractivity contribution is -0.123. The average molecular weight is 387 g/mol. The lowest BCUT2D eigenvalue weighted by Gasteiger charge is -2.13. The highest BCUT2D eigenvalue weighted by atomic mass is 16.7. The molecule has 150 valence electrons. The predicted octanol–water partition coefficient (Wildman–Crippen LogP) is 2.95. The minimum absolute atomic E-state index is 0.0624. The SMILES string of the molecule is CCOc1ccc(CCNC(=O)COc2ccc3c(c2)OCO3)cc1OCC. The van der Waals surface area contributed by atoms with Crippen molar-refractivity contribution in [3.05, 3.63) is 42.0 Å². The molecule has 1 N–H and O–H groups in total. The van der Waals surface area contributed by atoms with Gasteiger partial charge < -0.3 is 29.0 Å². The maximum Gasteiger partial charge on any atom is 0.257 e. The molecule has 7 heteroatoms. The molecular weight excluding hydrogens is 362 g/mol. The monoisotopic (exact) mass is 387 g/mol. The first-order valence-electron chi connectivity index (χ1n) is 9.37. The van der Waals surface area contributed by atoms with Crippen LogP contribution in [0.25, 0.3) is 0 Å². The van der Waals surface area contributed by atoms with E-state index in [9.17, 15) is 4.79 Å². The third-order valence-electron chi connectivity index (χ3n) is 4.06. The van der Waals surface area contributed by atoms with Crippen LogP contribution in [0.1, 0.15) is 19.4 Å². The summed E-state index contributed by atoms with van der Waals surface area (Å²) >= 11 is 0. The van der Waals surface area contributed by atoms with Gasteiger partial charge >= 0.3 is 0 Å². The summed E-state index contributed by atoms with van der Waals surface area (Å²) in [7, 11) is 0. The number of hydrogen-bond acceptors (Lipinski definition) is 6. The number of fused-ring (bicyclic) bond motifs is 1. The Hall–Kier alpha value is -3.09. The fourth-order valence-electron chi connectivity index (χ4n) is 2.76. The lowest BCUT2D eigenvalue weighted by Crippen LogP contribution is -2.30. The Bertz CT molecular complexity index is 807. The molecule has 2 aromatic carbocycles. The zero-order chi connectivity index (χ0) is 19.8. The van der Waals surface area contributed by atoms with E-state index in [1.54, 1.807) is 18.2 Å². The molecule has 0 aliphatic carbocycles. The van der Waals surface area contributed by atoms with E-state index in [1.165, 1.54) is 0 Å². The smallest absolute Gasteiger partial charge is 0.257 e. The molecule has 3 rings (SSSR count). The number of nitrogens with one attached hydrogen (secondary N) is 1. The molecule has 28 heavy (non-hydrogen) atoms. The Morgan fingerprint density at radius 2 is 1.75 bits per heavy atom. The number of carbonyl (C=O) groups excluding carboxylic acids is 1. The zero-order valence-electron chi connectivity index (χ0n) is 16.2. The average Bonchev–Trinajstić information content (AvgIpc) is 3.16. The van der Waals surface area contributed by atoms with Crippen LogP contribution < -0.4 is 29.0 Å². The third kappa shape index (κ3) is 5.22. The quantitative estimate of drug-likeness (QED) is 0.676. The Morgan fingerprint density at radius 1 is 0.964 bits per heavy atom. The number of benzene rings is 2. The van der Waals surface area contributed by atoms with Crippen LogP contribution in [0.4, 0.5) is 0 Å². The molecule has 1 amide bonds. The van der Waals surface area contributed by atoms with E-state index in [1.807, 2.05) is 32.0 Å². The first-order chi connectivity index (χ1) is 13.7. The topological polar surface area (TPSA) is 75.3 Å². The Kier molecular flexibility index (Phi) is 6.84. The predicted molar refractivity (Wildman–Crippen MR) is 104 cm³/mol. The van der Waals surface area contributed by atoms with Crippen molar-refractivity contribution in [3.63, 3.8) is 0 Å². The molecule has 1 heterocycles. The van der Waals surface area contributed by atoms with E-state index < -0.39 is 0 Å². The number of carbonyl (C=O) groups is 1. The Balaban J connectivity index is 1.44. The molecule has 1 aliphatic heterocycles. The molecule has 0 fully saturated rings. The molecule has 0 saturated carbocycles. The van der Waals surface area contributed by atoms with Crippen molar-refractivity contribution >= 4 is 5.91 Å². The van der Waals surface area contributed by atoms with Gasteiger partial charge in [0.15, 0.2) is 29.6 Å². The number of rotatable bonds is 10. The lowest BCUT2D eigenvalue weighted by atomic mass is 10.1. The molecule has 0 atom stereocenters. The van der Waals surface area contributed by atoms with Gasteiger partial charge in [-0.2, -0.15) is 0 Å². The van der Waals surface area contributed by atoms with Crippen LogP contribution in [0.2, 0.25) is 0 Å². The second kappa shape index (κ2) is 9.73. The fraction of sp³-hybridized carbons (Fsp3) is 0.381. The minimum Gasteiger partial charge on any atom is -0.490 e. The maximum absolute atomic E-state index is 12.0. The van der Waals surface area contributed by atoms with Gasteiger partial charge in [0.25, 0.3) is 5.91 Å². The van der Waals surface area contributed by atoms with Gasteiger partial charge in [-0.1, -0.05) is 6.07 Å². The van der Waals surface area contributed by atoms with Crippen LogP contribution in [0.15, 0.2) is 36.4 Å². The Labute approximate surface area is 164 Å². The van der Waals surface area contributed by atoms with Gasteiger partial charge in [0.05, 0.1) is 13.2 Å². The van der Waals surface area contributed by atoms with Crippen LogP contribution in [-0.2, 0) is 11.2 Å². The van der Waals surface area contributed by atoms with E-state index in [4.69, 9.17) is 23.7 Å². The first kappa shape index (κ1) is 19.7. The minimum atomic E-state index is -0.186. The molecule has 0 spiro atoms. The largest absolute Gasteiger partial charge is 0.490 e. The normalized spacial score (nSPS) is 11.8. The fourth-order valence-corrected chi connectivity index (χ4v) is 2.76. The summed E-state index contributed by atoms with van der Waals surface area (Å²) in [5.74, 6) is 3.13. The van der Waals surface area contributed by atoms with E-state index in [0.29, 0.717) is 43.4 Å². The van der Waals surface area contributed by atoms with Gasteiger partial charge in [-0.3, -0.25) is 4.79 Å². The van der Waals surface area contributed by atoms with Crippen molar-refractivity contribution in [2.24, 2.45) is 0 Å². The second-order valence-corrected chi connectivity index (χ2v) is 6.05. The highest BCUT2D eigenvalue weighted by molar-refractivity contribution is 5.77. The molecule has 0 bridgehead atoms. The molecule has 0 unspecified atom stereocenters. The van der Waals surface area contributed by atoms with Gasteiger partial charge in [-0.05, 0) is 50.1 Å². The molecular formula is C21H25NO6. The van der Waals surface area contributed by atoms with Crippen LogP contribution in [-0.4, -0.2) is 39.1 Å². The van der Waals surface area contributed by atoms with Crippen molar-refractivity contribution in [2.45, 2.75) is 20.3 Å². The van der Waals surface area contributed by atoms with E-state index >= 15 is 0 Å².